The zero-order chi connectivity index (χ0) is 18.7. The van der Waals surface area contributed by atoms with Gasteiger partial charge in [-0.2, -0.15) is 0 Å². The molecule has 2 aromatic carbocycles. The van der Waals surface area contributed by atoms with Crippen LogP contribution in [0.4, 0.5) is 11.4 Å². The van der Waals surface area contributed by atoms with Gasteiger partial charge in [-0.05, 0) is 35.9 Å². The molecule has 0 radical (unpaired) electrons. The van der Waals surface area contributed by atoms with Crippen LogP contribution in [0.3, 0.4) is 0 Å². The van der Waals surface area contributed by atoms with Crippen molar-refractivity contribution < 1.29 is 9.72 Å². The van der Waals surface area contributed by atoms with E-state index in [0.29, 0.717) is 19.9 Å². The van der Waals surface area contributed by atoms with Gasteiger partial charge in [-0.15, -0.1) is 0 Å². The predicted octanol–water partition coefficient (Wildman–Crippen LogP) is 5.21. The van der Waals surface area contributed by atoms with Gasteiger partial charge < -0.3 is 0 Å². The molecule has 8 heteroatoms. The summed E-state index contributed by atoms with van der Waals surface area (Å²) in [5.74, 6) is -0.235. The molecular formula is C18H11ClN2O3S2. The maximum absolute atomic E-state index is 12.6. The lowest BCUT2D eigenvalue weighted by Gasteiger charge is -2.15. The first kappa shape index (κ1) is 18.3. The van der Waals surface area contributed by atoms with Crippen LogP contribution < -0.4 is 4.90 Å². The molecule has 1 saturated heterocycles. The Balaban J connectivity index is 1.78. The monoisotopic (exact) mass is 402 g/mol. The van der Waals surface area contributed by atoms with Gasteiger partial charge in [0.05, 0.1) is 20.5 Å². The largest absolute Gasteiger partial charge is 0.270 e. The third-order valence-corrected chi connectivity index (χ3v) is 5.17. The van der Waals surface area contributed by atoms with Crippen LogP contribution in [0, 0.1) is 10.1 Å². The van der Waals surface area contributed by atoms with Gasteiger partial charge in [-0.25, -0.2) is 0 Å². The van der Waals surface area contributed by atoms with Crippen LogP contribution in [0.1, 0.15) is 5.56 Å². The molecule has 0 aliphatic carbocycles. The fourth-order valence-corrected chi connectivity index (χ4v) is 3.73. The number of thioether (sulfide) groups is 1. The number of thiocarbonyl (C=S) groups is 1. The van der Waals surface area contributed by atoms with Crippen LogP contribution in [-0.2, 0) is 4.79 Å². The standard InChI is InChI=1S/C18H11ClN2O3S2/c19-14-5-1-2-6-15(14)20-17(22)16(26-18(20)25)7-3-4-12-8-10-13(11-9-12)21(23)24/h1-11H. The van der Waals surface area contributed by atoms with Gasteiger partial charge >= 0.3 is 0 Å². The van der Waals surface area contributed by atoms with Gasteiger partial charge in [0.1, 0.15) is 0 Å². The first-order valence-electron chi connectivity index (χ1n) is 7.41. The Labute approximate surface area is 164 Å². The minimum absolute atomic E-state index is 0.0303. The minimum Gasteiger partial charge on any atom is -0.268 e. The second kappa shape index (κ2) is 7.82. The molecule has 1 heterocycles. The molecule has 3 rings (SSSR count). The van der Waals surface area contributed by atoms with Crippen molar-refractivity contribution in [3.05, 3.63) is 86.3 Å². The van der Waals surface area contributed by atoms with Crippen molar-refractivity contribution in [3.8, 4) is 0 Å². The first-order valence-corrected chi connectivity index (χ1v) is 9.01. The van der Waals surface area contributed by atoms with Crippen molar-refractivity contribution in [1.29, 1.82) is 0 Å². The van der Waals surface area contributed by atoms with E-state index in [1.165, 1.54) is 28.8 Å². The van der Waals surface area contributed by atoms with Crippen molar-refractivity contribution in [3.63, 3.8) is 0 Å². The molecular weight excluding hydrogens is 392 g/mol. The number of non-ortho nitro benzene ring substituents is 1. The Morgan fingerprint density at radius 3 is 2.50 bits per heavy atom. The van der Waals surface area contributed by atoms with Crippen LogP contribution >= 0.6 is 35.6 Å². The van der Waals surface area contributed by atoms with Gasteiger partial charge in [-0.3, -0.25) is 19.8 Å². The van der Waals surface area contributed by atoms with Gasteiger partial charge in [-0.1, -0.05) is 59.9 Å². The van der Waals surface area contributed by atoms with Crippen LogP contribution in [0.5, 0.6) is 0 Å². The lowest BCUT2D eigenvalue weighted by atomic mass is 10.2. The van der Waals surface area contributed by atoms with E-state index in [9.17, 15) is 14.9 Å². The smallest absolute Gasteiger partial charge is 0.268 e. The van der Waals surface area contributed by atoms with Crippen molar-refractivity contribution in [2.24, 2.45) is 0 Å². The van der Waals surface area contributed by atoms with Crippen molar-refractivity contribution in [1.82, 2.24) is 0 Å². The summed E-state index contributed by atoms with van der Waals surface area (Å²) >= 11 is 12.7. The number of anilines is 1. The molecule has 0 unspecified atom stereocenters. The second-order valence-electron chi connectivity index (χ2n) is 5.20. The predicted molar refractivity (Wildman–Crippen MR) is 109 cm³/mol. The molecule has 0 spiro atoms. The SMILES string of the molecule is O=C1C(=CC=Cc2ccc([N+](=O)[O-])cc2)SC(=S)N1c1ccccc1Cl. The average Bonchev–Trinajstić information content (AvgIpc) is 2.90. The van der Waals surface area contributed by atoms with Crippen molar-refractivity contribution >= 4 is 63.3 Å². The Bertz CT molecular complexity index is 955. The fourth-order valence-electron chi connectivity index (χ4n) is 2.28. The Hall–Kier alpha value is -2.48. The van der Waals surface area contributed by atoms with Crippen molar-refractivity contribution in [2.45, 2.75) is 0 Å². The molecule has 2 aromatic rings. The highest BCUT2D eigenvalue weighted by molar-refractivity contribution is 8.27. The zero-order valence-electron chi connectivity index (χ0n) is 13.2. The molecule has 0 N–H and O–H groups in total. The lowest BCUT2D eigenvalue weighted by molar-refractivity contribution is -0.384. The molecule has 5 nitrogen and oxygen atoms in total. The Morgan fingerprint density at radius 2 is 1.85 bits per heavy atom. The third-order valence-electron chi connectivity index (χ3n) is 3.53. The van der Waals surface area contributed by atoms with E-state index in [2.05, 4.69) is 0 Å². The number of amides is 1. The number of para-hydroxylation sites is 1. The molecule has 1 amide bonds. The quantitative estimate of drug-likeness (QED) is 0.304. The van der Waals surface area contributed by atoms with E-state index in [4.69, 9.17) is 23.8 Å². The summed E-state index contributed by atoms with van der Waals surface area (Å²) < 4.78 is 0.415. The molecule has 26 heavy (non-hydrogen) atoms. The number of hydrogen-bond acceptors (Lipinski definition) is 5. The molecule has 1 aliphatic rings. The third kappa shape index (κ3) is 3.85. The highest BCUT2D eigenvalue weighted by Crippen LogP contribution is 2.37. The highest BCUT2D eigenvalue weighted by atomic mass is 35.5. The molecule has 0 atom stereocenters. The molecule has 0 aromatic heterocycles. The van der Waals surface area contributed by atoms with E-state index < -0.39 is 4.92 Å². The minimum atomic E-state index is -0.451. The fraction of sp³-hybridized carbons (Fsp3) is 0. The van der Waals surface area contributed by atoms with Gasteiger partial charge in [0, 0.05) is 12.1 Å². The van der Waals surface area contributed by atoms with Crippen LogP contribution in [0.25, 0.3) is 6.08 Å². The number of nitro groups is 1. The van der Waals surface area contributed by atoms with Crippen molar-refractivity contribution in [2.75, 3.05) is 4.90 Å². The number of carbonyl (C=O) groups excluding carboxylic acids is 1. The maximum atomic E-state index is 12.6. The van der Waals surface area contributed by atoms with E-state index in [1.807, 2.05) is 0 Å². The number of allylic oxidation sites excluding steroid dienone is 2. The number of benzene rings is 2. The van der Waals surface area contributed by atoms with E-state index >= 15 is 0 Å². The summed E-state index contributed by atoms with van der Waals surface area (Å²) in [6.07, 6.45) is 5.13. The highest BCUT2D eigenvalue weighted by Gasteiger charge is 2.33. The summed E-state index contributed by atoms with van der Waals surface area (Å²) in [5.41, 5.74) is 1.37. The second-order valence-corrected chi connectivity index (χ2v) is 7.28. The van der Waals surface area contributed by atoms with Gasteiger partial charge in [0.15, 0.2) is 4.32 Å². The molecule has 1 fully saturated rings. The summed E-state index contributed by atoms with van der Waals surface area (Å²) in [6.45, 7) is 0. The number of carbonyl (C=O) groups is 1. The molecule has 130 valence electrons. The molecule has 0 saturated carbocycles. The normalized spacial score (nSPS) is 16.0. The van der Waals surface area contributed by atoms with E-state index in [1.54, 1.807) is 54.6 Å². The zero-order valence-corrected chi connectivity index (χ0v) is 15.6. The number of hydrogen-bond donors (Lipinski definition) is 0. The Morgan fingerprint density at radius 1 is 1.15 bits per heavy atom. The van der Waals surface area contributed by atoms with Crippen LogP contribution in [-0.4, -0.2) is 15.2 Å². The lowest BCUT2D eigenvalue weighted by Crippen LogP contribution is -2.27. The Kier molecular flexibility index (Phi) is 5.51. The number of nitrogens with zero attached hydrogens (tertiary/aromatic N) is 2. The van der Waals surface area contributed by atoms with E-state index in [-0.39, 0.29) is 11.6 Å². The number of rotatable bonds is 4. The van der Waals surface area contributed by atoms with Crippen LogP contribution in [0.2, 0.25) is 5.02 Å². The average molecular weight is 403 g/mol. The number of halogens is 1. The summed E-state index contributed by atoms with van der Waals surface area (Å²) in [7, 11) is 0. The van der Waals surface area contributed by atoms with E-state index in [0.717, 1.165) is 5.56 Å². The van der Waals surface area contributed by atoms with Gasteiger partial charge in [0.2, 0.25) is 0 Å². The summed E-state index contributed by atoms with van der Waals surface area (Å²) in [5, 5.41) is 11.1. The first-order chi connectivity index (χ1) is 12.5. The summed E-state index contributed by atoms with van der Waals surface area (Å²) in [6, 6.07) is 13.1. The molecule has 0 bridgehead atoms. The van der Waals surface area contributed by atoms with Crippen LogP contribution in [0.15, 0.2) is 65.6 Å². The maximum Gasteiger partial charge on any atom is 0.270 e. The van der Waals surface area contributed by atoms with Gasteiger partial charge in [0.25, 0.3) is 11.6 Å². The summed E-state index contributed by atoms with van der Waals surface area (Å²) in [4.78, 5) is 24.7. The molecule has 1 aliphatic heterocycles. The topological polar surface area (TPSA) is 63.4 Å². The number of nitro benzene ring substituents is 1.